The molecule has 1 amide bonds. The molecule has 24 heavy (non-hydrogen) atoms. The minimum atomic E-state index is -0.695. The number of benzene rings is 2. The molecule has 0 aromatic heterocycles. The average molecular weight is 324 g/mol. The van der Waals surface area contributed by atoms with Crippen LogP contribution in [-0.2, 0) is 16.1 Å². The van der Waals surface area contributed by atoms with Gasteiger partial charge in [-0.05, 0) is 24.1 Å². The molecule has 0 saturated heterocycles. The van der Waals surface area contributed by atoms with Crippen LogP contribution >= 0.6 is 0 Å². The minimum Gasteiger partial charge on any atom is -0.460 e. The van der Waals surface area contributed by atoms with Gasteiger partial charge >= 0.3 is 5.97 Å². The van der Waals surface area contributed by atoms with Crippen molar-refractivity contribution in [1.29, 1.82) is 0 Å². The van der Waals surface area contributed by atoms with Gasteiger partial charge in [0.25, 0.3) is 5.91 Å². The van der Waals surface area contributed by atoms with Crippen LogP contribution in [-0.4, -0.2) is 17.9 Å². The molecule has 0 aliphatic heterocycles. The first kappa shape index (κ1) is 17.4. The molecular formula is C19H20N2O3. The van der Waals surface area contributed by atoms with Gasteiger partial charge in [-0.2, -0.15) is 0 Å². The molecule has 5 heteroatoms. The van der Waals surface area contributed by atoms with Crippen LogP contribution in [0, 0.1) is 0 Å². The van der Waals surface area contributed by atoms with Crippen LogP contribution in [0.4, 0.5) is 0 Å². The van der Waals surface area contributed by atoms with E-state index in [1.165, 1.54) is 0 Å². The summed E-state index contributed by atoms with van der Waals surface area (Å²) in [7, 11) is 0. The zero-order valence-electron chi connectivity index (χ0n) is 13.3. The van der Waals surface area contributed by atoms with Crippen LogP contribution in [0.2, 0.25) is 0 Å². The fourth-order valence-electron chi connectivity index (χ4n) is 2.02. The number of ether oxygens (including phenoxy) is 1. The van der Waals surface area contributed by atoms with E-state index in [1.54, 1.807) is 30.3 Å². The molecule has 5 nitrogen and oxygen atoms in total. The SMILES string of the molecule is C=CCC(NNC(=O)c1ccccc1)C(=O)OCc1ccccc1. The van der Waals surface area contributed by atoms with Crippen LogP contribution in [0.15, 0.2) is 73.3 Å². The van der Waals surface area contributed by atoms with Gasteiger partial charge in [-0.15, -0.1) is 6.58 Å². The molecule has 2 aromatic rings. The van der Waals surface area contributed by atoms with Crippen molar-refractivity contribution in [2.45, 2.75) is 19.1 Å². The summed E-state index contributed by atoms with van der Waals surface area (Å²) in [6.45, 7) is 3.81. The lowest BCUT2D eigenvalue weighted by atomic mass is 10.2. The maximum Gasteiger partial charge on any atom is 0.325 e. The Morgan fingerprint density at radius 2 is 1.67 bits per heavy atom. The van der Waals surface area contributed by atoms with Gasteiger partial charge in [0.1, 0.15) is 12.6 Å². The first-order valence-corrected chi connectivity index (χ1v) is 7.63. The third kappa shape index (κ3) is 5.37. The fourth-order valence-corrected chi connectivity index (χ4v) is 2.02. The molecule has 1 unspecified atom stereocenters. The number of carbonyl (C=O) groups is 2. The number of nitrogens with one attached hydrogen (secondary N) is 2. The average Bonchev–Trinajstić information content (AvgIpc) is 2.64. The van der Waals surface area contributed by atoms with Gasteiger partial charge in [0, 0.05) is 5.56 Å². The maximum atomic E-state index is 12.2. The van der Waals surface area contributed by atoms with Crippen LogP contribution in [0.3, 0.4) is 0 Å². The third-order valence-corrected chi connectivity index (χ3v) is 3.31. The molecule has 0 bridgehead atoms. The van der Waals surface area contributed by atoms with E-state index in [0.717, 1.165) is 5.56 Å². The van der Waals surface area contributed by atoms with Gasteiger partial charge in [-0.25, -0.2) is 5.43 Å². The summed E-state index contributed by atoms with van der Waals surface area (Å²) in [5.41, 5.74) is 6.63. The van der Waals surface area contributed by atoms with E-state index >= 15 is 0 Å². The number of amides is 1. The smallest absolute Gasteiger partial charge is 0.325 e. The second kappa shape index (κ2) is 9.27. The Hall–Kier alpha value is -2.92. The van der Waals surface area contributed by atoms with E-state index in [-0.39, 0.29) is 12.5 Å². The predicted molar refractivity (Wildman–Crippen MR) is 91.9 cm³/mol. The monoisotopic (exact) mass is 324 g/mol. The fraction of sp³-hybridized carbons (Fsp3) is 0.158. The summed E-state index contributed by atoms with van der Waals surface area (Å²) < 4.78 is 5.28. The van der Waals surface area contributed by atoms with Gasteiger partial charge in [0.2, 0.25) is 0 Å². The van der Waals surface area contributed by atoms with Gasteiger partial charge < -0.3 is 4.74 Å². The lowest BCUT2D eigenvalue weighted by molar-refractivity contribution is -0.147. The Bertz CT molecular complexity index is 672. The second-order valence-corrected chi connectivity index (χ2v) is 5.13. The van der Waals surface area contributed by atoms with Gasteiger partial charge in [-0.1, -0.05) is 54.6 Å². The first-order valence-electron chi connectivity index (χ1n) is 7.63. The molecule has 0 heterocycles. The van der Waals surface area contributed by atoms with Crippen molar-refractivity contribution in [3.63, 3.8) is 0 Å². The largest absolute Gasteiger partial charge is 0.460 e. The summed E-state index contributed by atoms with van der Waals surface area (Å²) in [4.78, 5) is 24.2. The minimum absolute atomic E-state index is 0.182. The number of hydrogen-bond donors (Lipinski definition) is 2. The zero-order chi connectivity index (χ0) is 17.2. The molecule has 0 spiro atoms. The van der Waals surface area contributed by atoms with Gasteiger partial charge in [-0.3, -0.25) is 15.0 Å². The van der Waals surface area contributed by atoms with Crippen molar-refractivity contribution in [1.82, 2.24) is 10.9 Å². The normalized spacial score (nSPS) is 11.3. The Balaban J connectivity index is 1.87. The van der Waals surface area contributed by atoms with E-state index in [0.29, 0.717) is 12.0 Å². The molecule has 2 rings (SSSR count). The lowest BCUT2D eigenvalue weighted by Gasteiger charge is -2.17. The molecule has 2 aromatic carbocycles. The topological polar surface area (TPSA) is 67.4 Å². The first-order chi connectivity index (χ1) is 11.7. The van der Waals surface area contributed by atoms with E-state index in [4.69, 9.17) is 4.74 Å². The summed E-state index contributed by atoms with van der Waals surface area (Å²) in [5, 5.41) is 0. The second-order valence-electron chi connectivity index (χ2n) is 5.13. The Morgan fingerprint density at radius 1 is 1.04 bits per heavy atom. The number of esters is 1. The highest BCUT2D eigenvalue weighted by Crippen LogP contribution is 2.04. The summed E-state index contributed by atoms with van der Waals surface area (Å²) in [5.74, 6) is -0.771. The van der Waals surface area contributed by atoms with E-state index in [9.17, 15) is 9.59 Å². The van der Waals surface area contributed by atoms with Crippen LogP contribution in [0.25, 0.3) is 0 Å². The summed E-state index contributed by atoms with van der Waals surface area (Å²) in [6, 6.07) is 17.4. The highest BCUT2D eigenvalue weighted by Gasteiger charge is 2.19. The van der Waals surface area contributed by atoms with Crippen LogP contribution in [0.1, 0.15) is 22.3 Å². The molecule has 0 aliphatic rings. The number of carbonyl (C=O) groups excluding carboxylic acids is 2. The molecule has 0 radical (unpaired) electrons. The zero-order valence-corrected chi connectivity index (χ0v) is 13.3. The van der Waals surface area contributed by atoms with E-state index < -0.39 is 12.0 Å². The van der Waals surface area contributed by atoms with Crippen molar-refractivity contribution in [2.24, 2.45) is 0 Å². The van der Waals surface area contributed by atoms with Crippen molar-refractivity contribution in [2.75, 3.05) is 0 Å². The molecule has 0 fully saturated rings. The lowest BCUT2D eigenvalue weighted by Crippen LogP contribution is -2.48. The Kier molecular flexibility index (Phi) is 6.73. The maximum absolute atomic E-state index is 12.2. The highest BCUT2D eigenvalue weighted by molar-refractivity contribution is 5.94. The molecule has 0 aliphatic carbocycles. The van der Waals surface area contributed by atoms with Crippen LogP contribution in [0.5, 0.6) is 0 Å². The number of rotatable bonds is 8. The molecule has 1 atom stereocenters. The van der Waals surface area contributed by atoms with Gasteiger partial charge in [0.15, 0.2) is 0 Å². The Morgan fingerprint density at radius 3 is 2.29 bits per heavy atom. The molecule has 2 N–H and O–H groups in total. The molecule has 0 saturated carbocycles. The van der Waals surface area contributed by atoms with E-state index in [2.05, 4.69) is 17.4 Å². The van der Waals surface area contributed by atoms with Crippen molar-refractivity contribution in [3.8, 4) is 0 Å². The van der Waals surface area contributed by atoms with Gasteiger partial charge in [0.05, 0.1) is 0 Å². The predicted octanol–water partition coefficient (Wildman–Crippen LogP) is 2.61. The summed E-state index contributed by atoms with van der Waals surface area (Å²) in [6.07, 6.45) is 1.93. The quantitative estimate of drug-likeness (QED) is 0.445. The third-order valence-electron chi connectivity index (χ3n) is 3.31. The van der Waals surface area contributed by atoms with Crippen molar-refractivity contribution < 1.29 is 14.3 Å². The summed E-state index contributed by atoms with van der Waals surface area (Å²) >= 11 is 0. The van der Waals surface area contributed by atoms with Crippen molar-refractivity contribution >= 4 is 11.9 Å². The molecular weight excluding hydrogens is 304 g/mol. The Labute approximate surface area is 141 Å². The standard InChI is InChI=1S/C19H20N2O3/c1-2-9-17(19(23)24-14-15-10-5-3-6-11-15)20-21-18(22)16-12-7-4-8-13-16/h2-8,10-13,17,20H,1,9,14H2,(H,21,22). The van der Waals surface area contributed by atoms with Crippen molar-refractivity contribution in [3.05, 3.63) is 84.4 Å². The number of hydrogen-bond acceptors (Lipinski definition) is 4. The highest BCUT2D eigenvalue weighted by atomic mass is 16.5. The number of hydrazine groups is 1. The van der Waals surface area contributed by atoms with E-state index in [1.807, 2.05) is 36.4 Å². The van der Waals surface area contributed by atoms with Crippen LogP contribution < -0.4 is 10.9 Å². The molecule has 124 valence electrons.